The third kappa shape index (κ3) is 3.80. The summed E-state index contributed by atoms with van der Waals surface area (Å²) >= 11 is 3.21. The highest BCUT2D eigenvalue weighted by Gasteiger charge is 2.08. The molecule has 0 aliphatic rings. The van der Waals surface area contributed by atoms with Gasteiger partial charge in [-0.1, -0.05) is 17.8 Å². The van der Waals surface area contributed by atoms with Gasteiger partial charge in [0.1, 0.15) is 0 Å². The zero-order chi connectivity index (χ0) is 13.8. The van der Waals surface area contributed by atoms with Crippen molar-refractivity contribution in [3.05, 3.63) is 50.5 Å². The van der Waals surface area contributed by atoms with Gasteiger partial charge in [0.25, 0.3) is 5.56 Å². The molecule has 1 aromatic carbocycles. The van der Waals surface area contributed by atoms with Crippen molar-refractivity contribution in [2.24, 2.45) is 0 Å². The first-order chi connectivity index (χ1) is 9.06. The molecule has 0 bridgehead atoms. The number of carbonyl (C=O) groups is 1. The lowest BCUT2D eigenvalue weighted by Gasteiger charge is -2.11. The highest BCUT2D eigenvalue weighted by atomic mass is 127. The number of benzene rings is 1. The van der Waals surface area contributed by atoms with E-state index >= 15 is 0 Å². The summed E-state index contributed by atoms with van der Waals surface area (Å²) in [5.74, 6) is -1.09. The molecule has 0 atom stereocenters. The molecule has 1 heterocycles. The van der Waals surface area contributed by atoms with Gasteiger partial charge in [-0.2, -0.15) is 4.98 Å². The number of halogens is 1. The summed E-state index contributed by atoms with van der Waals surface area (Å²) in [6.07, 6.45) is 1.60. The predicted octanol–water partition coefficient (Wildman–Crippen LogP) is 2.01. The summed E-state index contributed by atoms with van der Waals surface area (Å²) in [5, 5.41) is 9.08. The zero-order valence-corrected chi connectivity index (χ0v) is 12.6. The monoisotopic (exact) mass is 388 g/mol. The van der Waals surface area contributed by atoms with Gasteiger partial charge in [-0.15, -0.1) is 0 Å². The number of carboxylic acids is 1. The van der Waals surface area contributed by atoms with Crippen molar-refractivity contribution in [3.63, 3.8) is 0 Å². The minimum absolute atomic E-state index is 0.139. The highest BCUT2D eigenvalue weighted by Crippen LogP contribution is 2.19. The van der Waals surface area contributed by atoms with Crippen molar-refractivity contribution in [2.45, 2.75) is 5.16 Å². The van der Waals surface area contributed by atoms with E-state index in [1.54, 1.807) is 10.8 Å². The van der Waals surface area contributed by atoms with Crippen LogP contribution in [0.4, 0.5) is 0 Å². The summed E-state index contributed by atoms with van der Waals surface area (Å²) in [4.78, 5) is 25.8. The first-order valence-electron chi connectivity index (χ1n) is 5.26. The molecule has 0 radical (unpaired) electrons. The summed E-state index contributed by atoms with van der Waals surface area (Å²) in [6, 6.07) is 8.99. The second kappa shape index (κ2) is 6.20. The van der Waals surface area contributed by atoms with E-state index in [0.29, 0.717) is 5.16 Å². The SMILES string of the molecule is O=C(O)CSc1nc(=O)ccn1-c1cccc(I)c1. The van der Waals surface area contributed by atoms with E-state index in [9.17, 15) is 9.59 Å². The molecule has 0 saturated heterocycles. The van der Waals surface area contributed by atoms with Crippen LogP contribution >= 0.6 is 34.4 Å². The summed E-state index contributed by atoms with van der Waals surface area (Å²) < 4.78 is 2.75. The lowest BCUT2D eigenvalue weighted by Crippen LogP contribution is -2.13. The average Bonchev–Trinajstić information content (AvgIpc) is 2.36. The number of hydrogen-bond acceptors (Lipinski definition) is 4. The van der Waals surface area contributed by atoms with Crippen LogP contribution in [-0.4, -0.2) is 26.4 Å². The van der Waals surface area contributed by atoms with E-state index in [0.717, 1.165) is 21.0 Å². The van der Waals surface area contributed by atoms with Crippen molar-refractivity contribution in [3.8, 4) is 5.69 Å². The zero-order valence-electron chi connectivity index (χ0n) is 9.62. The van der Waals surface area contributed by atoms with E-state index in [-0.39, 0.29) is 11.3 Å². The molecule has 19 heavy (non-hydrogen) atoms. The van der Waals surface area contributed by atoms with Crippen molar-refractivity contribution < 1.29 is 9.90 Å². The standard InChI is InChI=1S/C12H9IN2O3S/c13-8-2-1-3-9(6-8)15-5-4-10(16)14-12(15)19-7-11(17)18/h1-6H,7H2,(H,17,18). The smallest absolute Gasteiger partial charge is 0.313 e. The number of hydrogen-bond donors (Lipinski definition) is 1. The van der Waals surface area contributed by atoms with Crippen LogP contribution in [0.3, 0.4) is 0 Å². The predicted molar refractivity (Wildman–Crippen MR) is 80.9 cm³/mol. The molecule has 98 valence electrons. The molecular weight excluding hydrogens is 379 g/mol. The summed E-state index contributed by atoms with van der Waals surface area (Å²) in [5.41, 5.74) is 0.460. The first kappa shape index (κ1) is 14.1. The average molecular weight is 388 g/mol. The maximum absolute atomic E-state index is 11.3. The van der Waals surface area contributed by atoms with Gasteiger partial charge < -0.3 is 5.11 Å². The molecule has 7 heteroatoms. The lowest BCUT2D eigenvalue weighted by atomic mass is 10.3. The molecule has 0 amide bonds. The minimum atomic E-state index is -0.947. The number of rotatable bonds is 4. The minimum Gasteiger partial charge on any atom is -0.481 e. The Morgan fingerprint density at radius 3 is 2.89 bits per heavy atom. The Balaban J connectivity index is 2.44. The largest absolute Gasteiger partial charge is 0.481 e. The van der Waals surface area contributed by atoms with Crippen LogP contribution in [-0.2, 0) is 4.79 Å². The number of nitrogens with zero attached hydrogens (tertiary/aromatic N) is 2. The van der Waals surface area contributed by atoms with Gasteiger partial charge in [0.2, 0.25) is 0 Å². The van der Waals surface area contributed by atoms with E-state index in [1.165, 1.54) is 6.07 Å². The Morgan fingerprint density at radius 2 is 2.21 bits per heavy atom. The van der Waals surface area contributed by atoms with E-state index in [4.69, 9.17) is 5.11 Å². The second-order valence-corrected chi connectivity index (χ2v) is 5.77. The molecule has 0 saturated carbocycles. The van der Waals surface area contributed by atoms with E-state index < -0.39 is 5.97 Å². The van der Waals surface area contributed by atoms with Crippen molar-refractivity contribution >= 4 is 40.3 Å². The molecule has 1 N–H and O–H groups in total. The number of aromatic nitrogens is 2. The molecular formula is C12H9IN2O3S. The Hall–Kier alpha value is -1.35. The third-order valence-corrected chi connectivity index (χ3v) is 3.80. The number of thioether (sulfide) groups is 1. The maximum Gasteiger partial charge on any atom is 0.313 e. The van der Waals surface area contributed by atoms with Crippen molar-refractivity contribution in [2.75, 3.05) is 5.75 Å². The molecule has 0 unspecified atom stereocenters. The van der Waals surface area contributed by atoms with Crippen LogP contribution in [0.2, 0.25) is 0 Å². The van der Waals surface area contributed by atoms with Gasteiger partial charge in [-0.25, -0.2) is 0 Å². The van der Waals surface area contributed by atoms with Crippen LogP contribution in [0.25, 0.3) is 5.69 Å². The van der Waals surface area contributed by atoms with Crippen molar-refractivity contribution in [1.29, 1.82) is 0 Å². The van der Waals surface area contributed by atoms with Gasteiger partial charge >= 0.3 is 5.97 Å². The Morgan fingerprint density at radius 1 is 1.42 bits per heavy atom. The quantitative estimate of drug-likeness (QED) is 0.493. The summed E-state index contributed by atoms with van der Waals surface area (Å²) in [6.45, 7) is 0. The van der Waals surface area contributed by atoms with E-state index in [2.05, 4.69) is 27.6 Å². The molecule has 0 fully saturated rings. The van der Waals surface area contributed by atoms with Crippen LogP contribution in [0, 0.1) is 3.57 Å². The van der Waals surface area contributed by atoms with Crippen LogP contribution in [0.5, 0.6) is 0 Å². The highest BCUT2D eigenvalue weighted by molar-refractivity contribution is 14.1. The Kier molecular flexibility index (Phi) is 4.59. The summed E-state index contributed by atoms with van der Waals surface area (Å²) in [7, 11) is 0. The third-order valence-electron chi connectivity index (χ3n) is 2.19. The molecule has 5 nitrogen and oxygen atoms in total. The van der Waals surface area contributed by atoms with Crippen molar-refractivity contribution in [1.82, 2.24) is 9.55 Å². The fourth-order valence-corrected chi connectivity index (χ4v) is 2.68. The molecule has 1 aromatic heterocycles. The van der Waals surface area contributed by atoms with E-state index in [1.807, 2.05) is 24.3 Å². The van der Waals surface area contributed by atoms with Crippen LogP contribution < -0.4 is 5.56 Å². The Bertz CT molecular complexity index is 672. The molecule has 0 aliphatic heterocycles. The topological polar surface area (TPSA) is 72.2 Å². The van der Waals surface area contributed by atoms with Crippen LogP contribution in [0.1, 0.15) is 0 Å². The van der Waals surface area contributed by atoms with Gasteiger partial charge in [0.05, 0.1) is 5.75 Å². The number of aliphatic carboxylic acids is 1. The normalized spacial score (nSPS) is 10.4. The molecule has 2 rings (SSSR count). The van der Waals surface area contributed by atoms with Gasteiger partial charge in [-0.05, 0) is 40.8 Å². The lowest BCUT2D eigenvalue weighted by molar-refractivity contribution is -0.133. The van der Waals surface area contributed by atoms with Gasteiger partial charge in [0.15, 0.2) is 5.16 Å². The fourth-order valence-electron chi connectivity index (χ4n) is 1.44. The van der Waals surface area contributed by atoms with Gasteiger partial charge in [0, 0.05) is 21.5 Å². The van der Waals surface area contributed by atoms with Crippen LogP contribution in [0.15, 0.2) is 46.5 Å². The molecule has 2 aromatic rings. The molecule has 0 aliphatic carbocycles. The Labute approximate surface area is 126 Å². The van der Waals surface area contributed by atoms with Gasteiger partial charge in [-0.3, -0.25) is 14.2 Å². The fraction of sp³-hybridized carbons (Fsp3) is 0.0833. The molecule has 0 spiro atoms. The second-order valence-electron chi connectivity index (χ2n) is 3.58. The number of carboxylic acid groups (broad SMARTS) is 1. The maximum atomic E-state index is 11.3. The first-order valence-corrected chi connectivity index (χ1v) is 7.33.